The number of hydrogen-bond acceptors (Lipinski definition) is 2. The van der Waals surface area contributed by atoms with E-state index >= 15 is 0 Å². The van der Waals surface area contributed by atoms with Gasteiger partial charge in [-0.25, -0.2) is 4.39 Å². The second kappa shape index (κ2) is 11.9. The van der Waals surface area contributed by atoms with E-state index in [1.54, 1.807) is 12.1 Å². The van der Waals surface area contributed by atoms with Gasteiger partial charge in [-0.3, -0.25) is 9.59 Å². The van der Waals surface area contributed by atoms with E-state index < -0.39 is 0 Å². The molecule has 0 spiro atoms. The smallest absolute Gasteiger partial charge is 0.242 e. The van der Waals surface area contributed by atoms with Crippen molar-refractivity contribution in [2.45, 2.75) is 84.3 Å². The van der Waals surface area contributed by atoms with Gasteiger partial charge in [0.1, 0.15) is 5.82 Å². The van der Waals surface area contributed by atoms with Crippen LogP contribution in [0.4, 0.5) is 4.39 Å². The minimum Gasteiger partial charge on any atom is -0.345 e. The number of aromatic nitrogens is 1. The first-order chi connectivity index (χ1) is 16.9. The van der Waals surface area contributed by atoms with Crippen molar-refractivity contribution in [3.05, 3.63) is 59.7 Å². The maximum Gasteiger partial charge on any atom is 0.242 e. The number of rotatable bonds is 11. The molecular formula is C29H40FN3O2. The number of nitrogens with zero attached hydrogens (tertiary/aromatic N) is 3. The van der Waals surface area contributed by atoms with Gasteiger partial charge in [0.2, 0.25) is 11.8 Å². The summed E-state index contributed by atoms with van der Waals surface area (Å²) in [6.07, 6.45) is 10.4. The summed E-state index contributed by atoms with van der Waals surface area (Å²) in [5, 5.41) is 0. The van der Waals surface area contributed by atoms with Gasteiger partial charge in [-0.1, -0.05) is 45.2 Å². The highest BCUT2D eigenvalue weighted by atomic mass is 19.1. The predicted octanol–water partition coefficient (Wildman–Crippen LogP) is 5.62. The lowest BCUT2D eigenvalue weighted by Crippen LogP contribution is -2.48. The quantitative estimate of drug-likeness (QED) is 0.418. The van der Waals surface area contributed by atoms with Crippen LogP contribution in [0.25, 0.3) is 0 Å². The first kappa shape index (κ1) is 25.5. The van der Waals surface area contributed by atoms with Crippen LogP contribution in [-0.4, -0.2) is 45.3 Å². The molecule has 35 heavy (non-hydrogen) atoms. The van der Waals surface area contributed by atoms with Crippen LogP contribution in [0.2, 0.25) is 0 Å². The first-order valence-corrected chi connectivity index (χ1v) is 13.4. The van der Waals surface area contributed by atoms with Crippen LogP contribution in [0.15, 0.2) is 42.6 Å². The third kappa shape index (κ3) is 7.18. The Morgan fingerprint density at radius 1 is 1.03 bits per heavy atom. The van der Waals surface area contributed by atoms with E-state index in [0.717, 1.165) is 56.2 Å². The molecule has 2 aliphatic rings. The summed E-state index contributed by atoms with van der Waals surface area (Å²) in [7, 11) is 0. The van der Waals surface area contributed by atoms with Crippen LogP contribution in [0, 0.1) is 17.7 Å². The van der Waals surface area contributed by atoms with E-state index in [1.807, 2.05) is 22.1 Å². The lowest BCUT2D eigenvalue weighted by molar-refractivity contribution is -0.143. The van der Waals surface area contributed by atoms with Gasteiger partial charge < -0.3 is 14.4 Å². The lowest BCUT2D eigenvalue weighted by Gasteiger charge is -2.36. The lowest BCUT2D eigenvalue weighted by atomic mass is 9.94. The standard InChI is InChI=1S/C29H40FN3O2/c1-22(2)16-18-32(29(35)24-12-13-24)21-28(34)33(26-7-4-3-5-8-26)20-27-9-6-17-31(27)19-23-10-14-25(30)15-11-23/h6,9-11,14-15,17,22,24,26H,3-5,7-8,12-13,16,18-21H2,1-2H3. The molecule has 4 rings (SSSR count). The highest BCUT2D eigenvalue weighted by Crippen LogP contribution is 2.31. The minimum atomic E-state index is -0.238. The summed E-state index contributed by atoms with van der Waals surface area (Å²) in [6.45, 7) is 6.31. The van der Waals surface area contributed by atoms with Gasteiger partial charge in [-0.15, -0.1) is 0 Å². The summed E-state index contributed by atoms with van der Waals surface area (Å²) in [5.41, 5.74) is 2.09. The average molecular weight is 482 g/mol. The summed E-state index contributed by atoms with van der Waals surface area (Å²) in [6, 6.07) is 10.9. The van der Waals surface area contributed by atoms with Crippen LogP contribution >= 0.6 is 0 Å². The Hall–Kier alpha value is -2.63. The molecule has 0 atom stereocenters. The van der Waals surface area contributed by atoms with Crippen molar-refractivity contribution in [3.63, 3.8) is 0 Å². The molecule has 2 aliphatic carbocycles. The van der Waals surface area contributed by atoms with E-state index in [2.05, 4.69) is 24.5 Å². The maximum absolute atomic E-state index is 13.8. The van der Waals surface area contributed by atoms with Crippen LogP contribution in [0.1, 0.15) is 76.5 Å². The molecule has 0 unspecified atom stereocenters. The van der Waals surface area contributed by atoms with Gasteiger partial charge in [0.15, 0.2) is 0 Å². The first-order valence-electron chi connectivity index (χ1n) is 13.4. The summed E-state index contributed by atoms with van der Waals surface area (Å²) >= 11 is 0. The van der Waals surface area contributed by atoms with Crippen LogP contribution in [-0.2, 0) is 22.7 Å². The molecule has 6 heteroatoms. The normalized spacial score (nSPS) is 16.5. The summed E-state index contributed by atoms with van der Waals surface area (Å²) < 4.78 is 15.5. The molecule has 5 nitrogen and oxygen atoms in total. The fourth-order valence-electron chi connectivity index (χ4n) is 5.05. The Morgan fingerprint density at radius 3 is 2.40 bits per heavy atom. The fourth-order valence-corrected chi connectivity index (χ4v) is 5.05. The van der Waals surface area contributed by atoms with Gasteiger partial charge in [0.25, 0.3) is 0 Å². The number of halogens is 1. The van der Waals surface area contributed by atoms with Crippen LogP contribution in [0.5, 0.6) is 0 Å². The zero-order chi connectivity index (χ0) is 24.8. The SMILES string of the molecule is CC(C)CCN(CC(=O)N(Cc1cccn1Cc1ccc(F)cc1)C1CCCCC1)C(=O)C1CC1. The average Bonchev–Trinajstić information content (AvgIpc) is 3.62. The van der Waals surface area contributed by atoms with E-state index in [-0.39, 0.29) is 36.1 Å². The van der Waals surface area contributed by atoms with Crippen molar-refractivity contribution in [2.24, 2.45) is 11.8 Å². The number of benzene rings is 1. The Labute approximate surface area is 209 Å². The summed E-state index contributed by atoms with van der Waals surface area (Å²) in [5.74, 6) is 0.583. The van der Waals surface area contributed by atoms with Crippen molar-refractivity contribution in [2.75, 3.05) is 13.1 Å². The molecule has 2 amide bonds. The van der Waals surface area contributed by atoms with Crippen LogP contribution < -0.4 is 0 Å². The van der Waals surface area contributed by atoms with Gasteiger partial charge >= 0.3 is 0 Å². The van der Waals surface area contributed by atoms with Crippen molar-refractivity contribution in [3.8, 4) is 0 Å². The Morgan fingerprint density at radius 2 is 1.74 bits per heavy atom. The van der Waals surface area contributed by atoms with Crippen molar-refractivity contribution in [1.29, 1.82) is 0 Å². The third-order valence-corrected chi connectivity index (χ3v) is 7.40. The van der Waals surface area contributed by atoms with Crippen LogP contribution in [0.3, 0.4) is 0 Å². The molecular weight excluding hydrogens is 441 g/mol. The molecule has 0 saturated heterocycles. The number of carbonyl (C=O) groups is 2. The largest absolute Gasteiger partial charge is 0.345 e. The molecule has 0 radical (unpaired) electrons. The minimum absolute atomic E-state index is 0.0594. The monoisotopic (exact) mass is 481 g/mol. The predicted molar refractivity (Wildman–Crippen MR) is 136 cm³/mol. The fraction of sp³-hybridized carbons (Fsp3) is 0.586. The highest BCUT2D eigenvalue weighted by Gasteiger charge is 2.35. The van der Waals surface area contributed by atoms with E-state index in [4.69, 9.17) is 0 Å². The van der Waals surface area contributed by atoms with Crippen molar-refractivity contribution in [1.82, 2.24) is 14.4 Å². The van der Waals surface area contributed by atoms with Gasteiger partial charge in [-0.05, 0) is 67.9 Å². The Bertz CT molecular complexity index is 974. The van der Waals surface area contributed by atoms with E-state index in [9.17, 15) is 14.0 Å². The molecule has 2 fully saturated rings. The second-order valence-corrected chi connectivity index (χ2v) is 10.8. The molecule has 0 bridgehead atoms. The zero-order valence-electron chi connectivity index (χ0n) is 21.3. The second-order valence-electron chi connectivity index (χ2n) is 10.8. The molecule has 2 aromatic rings. The third-order valence-electron chi connectivity index (χ3n) is 7.40. The zero-order valence-corrected chi connectivity index (χ0v) is 21.3. The molecule has 0 aliphatic heterocycles. The maximum atomic E-state index is 13.8. The van der Waals surface area contributed by atoms with E-state index in [0.29, 0.717) is 25.6 Å². The molecule has 190 valence electrons. The highest BCUT2D eigenvalue weighted by molar-refractivity contribution is 5.87. The van der Waals surface area contributed by atoms with E-state index in [1.165, 1.54) is 18.6 Å². The van der Waals surface area contributed by atoms with Gasteiger partial charge in [0.05, 0.1) is 13.1 Å². The van der Waals surface area contributed by atoms with Gasteiger partial charge in [0, 0.05) is 36.9 Å². The molecule has 1 heterocycles. The molecule has 2 saturated carbocycles. The number of amides is 2. The Kier molecular flexibility index (Phi) is 8.64. The molecule has 1 aromatic heterocycles. The number of hydrogen-bond donors (Lipinski definition) is 0. The molecule has 0 N–H and O–H groups in total. The molecule has 1 aromatic carbocycles. The van der Waals surface area contributed by atoms with Gasteiger partial charge in [-0.2, -0.15) is 0 Å². The van der Waals surface area contributed by atoms with Crippen molar-refractivity contribution >= 4 is 11.8 Å². The van der Waals surface area contributed by atoms with Crippen molar-refractivity contribution < 1.29 is 14.0 Å². The number of carbonyl (C=O) groups excluding carboxylic acids is 2. The Balaban J connectivity index is 1.50. The summed E-state index contributed by atoms with van der Waals surface area (Å²) in [4.78, 5) is 30.6. The topological polar surface area (TPSA) is 45.6 Å².